The number of rotatable bonds is 6. The zero-order chi connectivity index (χ0) is 21.3. The van der Waals surface area contributed by atoms with Crippen LogP contribution in [0.3, 0.4) is 0 Å². The van der Waals surface area contributed by atoms with E-state index in [4.69, 9.17) is 9.47 Å². The molecule has 0 unspecified atom stereocenters. The predicted octanol–water partition coefficient (Wildman–Crippen LogP) is 0.987. The molecule has 1 amide bonds. The van der Waals surface area contributed by atoms with Gasteiger partial charge in [-0.1, -0.05) is 18.2 Å². The topological polar surface area (TPSA) is 139 Å². The molecule has 3 aromatic rings. The molecule has 30 heavy (non-hydrogen) atoms. The molecule has 10 nitrogen and oxygen atoms in total. The summed E-state index contributed by atoms with van der Waals surface area (Å²) in [5, 5.41) is 22.2. The Morgan fingerprint density at radius 3 is 2.87 bits per heavy atom. The van der Waals surface area contributed by atoms with Gasteiger partial charge in [0.25, 0.3) is 11.5 Å². The van der Waals surface area contributed by atoms with Crippen LogP contribution in [0.2, 0.25) is 0 Å². The Morgan fingerprint density at radius 1 is 1.40 bits per heavy atom. The van der Waals surface area contributed by atoms with E-state index in [1.165, 1.54) is 0 Å². The number of fused-ring (bicyclic) bond motifs is 1. The van der Waals surface area contributed by atoms with Crippen molar-refractivity contribution in [2.24, 2.45) is 0 Å². The normalized spacial score (nSPS) is 21.1. The van der Waals surface area contributed by atoms with Crippen LogP contribution in [-0.2, 0) is 9.53 Å². The van der Waals surface area contributed by atoms with Gasteiger partial charge in [0.1, 0.15) is 18.1 Å². The van der Waals surface area contributed by atoms with Crippen molar-refractivity contribution in [1.29, 1.82) is 0 Å². The lowest BCUT2D eigenvalue weighted by atomic mass is 10.2. The van der Waals surface area contributed by atoms with Gasteiger partial charge in [-0.05, 0) is 40.8 Å². The lowest BCUT2D eigenvalue weighted by molar-refractivity contribution is -0.118. The van der Waals surface area contributed by atoms with Crippen molar-refractivity contribution >= 4 is 45.5 Å². The lowest BCUT2D eigenvalue weighted by Crippen LogP contribution is -2.24. The number of carbonyl (C=O) groups is 1. The molecule has 1 aliphatic rings. The number of amides is 1. The SMILES string of the molecule is O=C(COc1ccccc1)Nc1nc2c(cc(I)n2[C@H]2C[C@H](O)[C@@H](CO)O2)c(=O)[nH]1. The van der Waals surface area contributed by atoms with Crippen LogP contribution < -0.4 is 15.6 Å². The molecule has 1 aliphatic heterocycles. The summed E-state index contributed by atoms with van der Waals surface area (Å²) in [7, 11) is 0. The summed E-state index contributed by atoms with van der Waals surface area (Å²) in [5.41, 5.74) is -0.119. The number of halogens is 1. The number of nitrogens with zero attached hydrogens (tertiary/aromatic N) is 2. The van der Waals surface area contributed by atoms with Crippen LogP contribution in [-0.4, -0.2) is 56.1 Å². The molecule has 2 aromatic heterocycles. The minimum atomic E-state index is -0.829. The lowest BCUT2D eigenvalue weighted by Gasteiger charge is -2.16. The highest BCUT2D eigenvalue weighted by atomic mass is 127. The van der Waals surface area contributed by atoms with E-state index in [2.05, 4.69) is 15.3 Å². The number of anilines is 1. The second-order valence-electron chi connectivity index (χ2n) is 6.75. The maximum Gasteiger partial charge on any atom is 0.264 e. The van der Waals surface area contributed by atoms with Gasteiger partial charge >= 0.3 is 0 Å². The maximum atomic E-state index is 12.5. The quantitative estimate of drug-likeness (QED) is 0.352. The summed E-state index contributed by atoms with van der Waals surface area (Å²) < 4.78 is 13.4. The molecule has 0 bridgehead atoms. The molecule has 4 N–H and O–H groups in total. The third kappa shape index (κ3) is 4.19. The van der Waals surface area contributed by atoms with Crippen molar-refractivity contribution < 1.29 is 24.5 Å². The van der Waals surface area contributed by atoms with Gasteiger partial charge in [0.05, 0.1) is 21.8 Å². The standard InChI is InChI=1S/C19H19IN4O6/c20-14-6-11-17(24(14)16-7-12(26)13(8-25)30-16)22-19(23-18(11)28)21-15(27)9-29-10-4-2-1-3-5-10/h1-6,12-13,16,25-26H,7-9H2,(H2,21,22,23,27,28)/t12-,13+,16+/m0/s1. The molecule has 158 valence electrons. The maximum absolute atomic E-state index is 12.5. The molecular weight excluding hydrogens is 507 g/mol. The van der Waals surface area contributed by atoms with E-state index in [0.29, 0.717) is 20.5 Å². The minimum absolute atomic E-state index is 0.0258. The van der Waals surface area contributed by atoms with Crippen molar-refractivity contribution in [3.63, 3.8) is 0 Å². The van der Waals surface area contributed by atoms with Gasteiger partial charge in [-0.2, -0.15) is 4.98 Å². The van der Waals surface area contributed by atoms with E-state index in [-0.39, 0.29) is 25.6 Å². The van der Waals surface area contributed by atoms with Crippen LogP contribution in [0.1, 0.15) is 12.6 Å². The van der Waals surface area contributed by atoms with Crippen molar-refractivity contribution in [3.05, 3.63) is 50.5 Å². The molecule has 3 atom stereocenters. The molecule has 0 spiro atoms. The molecule has 11 heteroatoms. The fraction of sp³-hybridized carbons (Fsp3) is 0.316. The van der Waals surface area contributed by atoms with E-state index in [1.807, 2.05) is 28.7 Å². The Morgan fingerprint density at radius 2 is 2.17 bits per heavy atom. The van der Waals surface area contributed by atoms with E-state index < -0.39 is 29.9 Å². The van der Waals surface area contributed by atoms with E-state index in [0.717, 1.165) is 0 Å². The molecule has 0 radical (unpaired) electrons. The molecule has 3 heterocycles. The van der Waals surface area contributed by atoms with Crippen molar-refractivity contribution in [2.75, 3.05) is 18.5 Å². The number of ether oxygens (including phenoxy) is 2. The van der Waals surface area contributed by atoms with Gasteiger partial charge in [-0.3, -0.25) is 24.5 Å². The minimum Gasteiger partial charge on any atom is -0.484 e. The second-order valence-corrected chi connectivity index (χ2v) is 7.86. The Hall–Kier alpha value is -2.48. The fourth-order valence-corrected chi connectivity index (χ4v) is 4.13. The number of aromatic nitrogens is 3. The average Bonchev–Trinajstić information content (AvgIpc) is 3.26. The van der Waals surface area contributed by atoms with Crippen LogP contribution in [0.15, 0.2) is 41.2 Å². The highest BCUT2D eigenvalue weighted by Crippen LogP contribution is 2.33. The first kappa shape index (κ1) is 20.8. The Labute approximate surface area is 184 Å². The van der Waals surface area contributed by atoms with Gasteiger partial charge in [0, 0.05) is 6.42 Å². The Bertz CT molecular complexity index is 1120. The van der Waals surface area contributed by atoms with Gasteiger partial charge in [0.2, 0.25) is 5.95 Å². The van der Waals surface area contributed by atoms with Crippen molar-refractivity contribution in [2.45, 2.75) is 24.9 Å². The number of aliphatic hydroxyl groups excluding tert-OH is 2. The molecule has 0 aliphatic carbocycles. The van der Waals surface area contributed by atoms with Gasteiger partial charge < -0.3 is 19.7 Å². The van der Waals surface area contributed by atoms with Crippen LogP contribution in [0.4, 0.5) is 5.95 Å². The monoisotopic (exact) mass is 526 g/mol. The number of aromatic amines is 1. The number of carbonyl (C=O) groups excluding carboxylic acids is 1. The number of para-hydroxylation sites is 1. The Balaban J connectivity index is 1.56. The molecule has 1 saturated heterocycles. The van der Waals surface area contributed by atoms with E-state index in [1.54, 1.807) is 34.9 Å². The number of hydrogen-bond donors (Lipinski definition) is 4. The average molecular weight is 526 g/mol. The smallest absolute Gasteiger partial charge is 0.264 e. The molecule has 1 fully saturated rings. The number of nitrogens with one attached hydrogen (secondary N) is 2. The van der Waals surface area contributed by atoms with Crippen molar-refractivity contribution in [1.82, 2.24) is 14.5 Å². The van der Waals surface area contributed by atoms with Crippen LogP contribution in [0.25, 0.3) is 11.0 Å². The summed E-state index contributed by atoms with van der Waals surface area (Å²) in [6.45, 7) is -0.565. The first-order chi connectivity index (χ1) is 14.5. The highest BCUT2D eigenvalue weighted by Gasteiger charge is 2.36. The molecular formula is C19H19IN4O6. The first-order valence-electron chi connectivity index (χ1n) is 9.19. The van der Waals surface area contributed by atoms with E-state index >= 15 is 0 Å². The van der Waals surface area contributed by atoms with Crippen LogP contribution in [0.5, 0.6) is 5.75 Å². The van der Waals surface area contributed by atoms with Gasteiger partial charge in [-0.15, -0.1) is 0 Å². The molecule has 4 rings (SSSR count). The molecule has 1 aromatic carbocycles. The second kappa shape index (κ2) is 8.71. The summed E-state index contributed by atoms with van der Waals surface area (Å²) in [6.07, 6.45) is -1.89. The number of H-pyrrole nitrogens is 1. The van der Waals surface area contributed by atoms with Gasteiger partial charge in [0.15, 0.2) is 12.3 Å². The van der Waals surface area contributed by atoms with Crippen LogP contribution in [0, 0.1) is 3.70 Å². The summed E-state index contributed by atoms with van der Waals surface area (Å²) in [4.78, 5) is 31.6. The van der Waals surface area contributed by atoms with Crippen LogP contribution >= 0.6 is 22.6 Å². The highest BCUT2D eigenvalue weighted by molar-refractivity contribution is 14.1. The third-order valence-electron chi connectivity index (χ3n) is 4.70. The zero-order valence-corrected chi connectivity index (χ0v) is 17.8. The first-order valence-corrected chi connectivity index (χ1v) is 10.3. The number of hydrogen-bond acceptors (Lipinski definition) is 7. The number of aliphatic hydroxyl groups is 2. The van der Waals surface area contributed by atoms with Crippen molar-refractivity contribution in [3.8, 4) is 5.75 Å². The Kier molecular flexibility index (Phi) is 6.04. The fourth-order valence-electron chi connectivity index (χ4n) is 3.28. The number of benzene rings is 1. The largest absolute Gasteiger partial charge is 0.484 e. The van der Waals surface area contributed by atoms with Gasteiger partial charge in [-0.25, -0.2) is 0 Å². The summed E-state index contributed by atoms with van der Waals surface area (Å²) in [6, 6.07) is 10.5. The summed E-state index contributed by atoms with van der Waals surface area (Å²) >= 11 is 2.04. The summed E-state index contributed by atoms with van der Waals surface area (Å²) in [5.74, 6) is 0.0348. The predicted molar refractivity (Wildman–Crippen MR) is 115 cm³/mol. The molecule has 0 saturated carbocycles. The zero-order valence-electron chi connectivity index (χ0n) is 15.6. The van der Waals surface area contributed by atoms with E-state index in [9.17, 15) is 19.8 Å². The third-order valence-corrected chi connectivity index (χ3v) is 5.53.